The first-order valence-corrected chi connectivity index (χ1v) is 10.3. The van der Waals surface area contributed by atoms with Crippen LogP contribution in [0.2, 0.25) is 5.02 Å². The Labute approximate surface area is 181 Å². The Kier molecular flexibility index (Phi) is 5.72. The zero-order chi connectivity index (χ0) is 21.1. The van der Waals surface area contributed by atoms with Crippen molar-refractivity contribution in [2.75, 3.05) is 18.4 Å². The molecule has 1 heterocycles. The summed E-state index contributed by atoms with van der Waals surface area (Å²) >= 11 is 6.17. The van der Waals surface area contributed by atoms with Crippen molar-refractivity contribution in [3.63, 3.8) is 0 Å². The molecule has 1 N–H and O–H groups in total. The molecule has 6 heteroatoms. The highest BCUT2D eigenvalue weighted by molar-refractivity contribution is 6.34. The third-order valence-corrected chi connectivity index (χ3v) is 5.30. The lowest BCUT2D eigenvalue weighted by atomic mass is 10.1. The Balaban J connectivity index is 1.75. The number of benzene rings is 3. The first-order valence-electron chi connectivity index (χ1n) is 9.91. The van der Waals surface area contributed by atoms with Gasteiger partial charge in [-0.1, -0.05) is 35.9 Å². The predicted molar refractivity (Wildman–Crippen MR) is 121 cm³/mol. The number of rotatable bonds is 4. The Morgan fingerprint density at radius 2 is 1.73 bits per heavy atom. The number of carbonyl (C=O) groups is 1. The molecule has 1 amide bonds. The summed E-state index contributed by atoms with van der Waals surface area (Å²) in [5, 5.41) is 3.34. The first kappa shape index (κ1) is 20.0. The number of anilines is 1. The molecule has 30 heavy (non-hydrogen) atoms. The van der Waals surface area contributed by atoms with Gasteiger partial charge in [-0.15, -0.1) is 0 Å². The molecule has 0 aliphatic carbocycles. The third kappa shape index (κ3) is 3.89. The van der Waals surface area contributed by atoms with Crippen molar-refractivity contribution in [3.8, 4) is 11.5 Å². The number of halogens is 1. The van der Waals surface area contributed by atoms with Crippen LogP contribution < -0.4 is 10.1 Å². The topological polar surface area (TPSA) is 53.9 Å². The van der Waals surface area contributed by atoms with Crippen molar-refractivity contribution in [2.45, 2.75) is 13.8 Å². The zero-order valence-electron chi connectivity index (χ0n) is 16.9. The number of ether oxygens (including phenoxy) is 1. The quantitative estimate of drug-likeness (QED) is 0.554. The lowest BCUT2D eigenvalue weighted by Crippen LogP contribution is -2.31. The van der Waals surface area contributed by atoms with Gasteiger partial charge in [0.25, 0.3) is 5.91 Å². The van der Waals surface area contributed by atoms with E-state index in [9.17, 15) is 4.79 Å². The van der Waals surface area contributed by atoms with E-state index in [4.69, 9.17) is 21.3 Å². The van der Waals surface area contributed by atoms with E-state index in [1.807, 2.05) is 42.5 Å². The standard InChI is InChI=1S/C24H22ClN3O2/c1-3-28(4-2)23-18-15-16(26-24(29)17-9-5-6-10-19(17)25)13-14-21(18)30-22-12-8-7-11-20(22)27-23/h5-15H,3-4H2,1-2H3,(H,26,29). The van der Waals surface area contributed by atoms with Crippen LogP contribution in [-0.2, 0) is 0 Å². The van der Waals surface area contributed by atoms with Gasteiger partial charge >= 0.3 is 0 Å². The largest absolute Gasteiger partial charge is 0.454 e. The van der Waals surface area contributed by atoms with E-state index in [1.165, 1.54) is 0 Å². The molecule has 0 bridgehead atoms. The molecule has 0 saturated carbocycles. The summed E-state index contributed by atoms with van der Waals surface area (Å²) in [7, 11) is 0. The van der Waals surface area contributed by atoms with E-state index in [0.717, 1.165) is 30.2 Å². The second-order valence-electron chi connectivity index (χ2n) is 6.82. The van der Waals surface area contributed by atoms with E-state index >= 15 is 0 Å². The molecule has 1 aliphatic heterocycles. The number of carbonyl (C=O) groups excluding carboxylic acids is 1. The lowest BCUT2D eigenvalue weighted by molar-refractivity contribution is 0.102. The number of nitrogens with zero attached hydrogens (tertiary/aromatic N) is 2. The van der Waals surface area contributed by atoms with Crippen molar-refractivity contribution in [1.29, 1.82) is 0 Å². The molecule has 0 spiro atoms. The minimum Gasteiger partial charge on any atom is -0.454 e. The fraction of sp³-hybridized carbons (Fsp3) is 0.167. The Bertz CT molecular complexity index is 1120. The number of aliphatic imine (C=N–C) groups is 1. The smallest absolute Gasteiger partial charge is 0.257 e. The Hall–Kier alpha value is -3.31. The van der Waals surface area contributed by atoms with Crippen LogP contribution in [0.3, 0.4) is 0 Å². The molecule has 0 aromatic heterocycles. The van der Waals surface area contributed by atoms with E-state index in [-0.39, 0.29) is 5.91 Å². The summed E-state index contributed by atoms with van der Waals surface area (Å²) in [5.74, 6) is 1.95. The van der Waals surface area contributed by atoms with Gasteiger partial charge in [-0.2, -0.15) is 0 Å². The van der Waals surface area contributed by atoms with Crippen LogP contribution >= 0.6 is 11.6 Å². The van der Waals surface area contributed by atoms with Gasteiger partial charge in [-0.25, -0.2) is 4.99 Å². The monoisotopic (exact) mass is 419 g/mol. The number of amides is 1. The molecule has 0 atom stereocenters. The second-order valence-corrected chi connectivity index (χ2v) is 7.23. The summed E-state index contributed by atoms with van der Waals surface area (Å²) in [6.45, 7) is 5.78. The second kappa shape index (κ2) is 8.59. The van der Waals surface area contributed by atoms with Crippen molar-refractivity contribution >= 4 is 34.7 Å². The van der Waals surface area contributed by atoms with Crippen LogP contribution in [0.1, 0.15) is 29.8 Å². The van der Waals surface area contributed by atoms with Gasteiger partial charge in [0.05, 0.1) is 16.1 Å². The molecule has 3 aromatic rings. The third-order valence-electron chi connectivity index (χ3n) is 4.97. The summed E-state index contributed by atoms with van der Waals surface area (Å²) in [6.07, 6.45) is 0. The molecule has 3 aromatic carbocycles. The maximum atomic E-state index is 12.7. The van der Waals surface area contributed by atoms with E-state index in [1.54, 1.807) is 24.3 Å². The molecular weight excluding hydrogens is 398 g/mol. The summed E-state index contributed by atoms with van der Waals surface area (Å²) in [6, 6.07) is 20.3. The molecule has 0 radical (unpaired) electrons. The van der Waals surface area contributed by atoms with Crippen molar-refractivity contribution < 1.29 is 9.53 Å². The number of nitrogens with one attached hydrogen (secondary N) is 1. The molecule has 0 unspecified atom stereocenters. The fourth-order valence-electron chi connectivity index (χ4n) is 3.41. The van der Waals surface area contributed by atoms with Crippen LogP contribution in [-0.4, -0.2) is 29.7 Å². The van der Waals surface area contributed by atoms with Gasteiger partial charge in [0.2, 0.25) is 0 Å². The van der Waals surface area contributed by atoms with E-state index < -0.39 is 0 Å². The molecule has 1 aliphatic rings. The fourth-order valence-corrected chi connectivity index (χ4v) is 3.63. The van der Waals surface area contributed by atoms with Gasteiger partial charge in [-0.3, -0.25) is 4.79 Å². The molecule has 5 nitrogen and oxygen atoms in total. The first-order chi connectivity index (χ1) is 14.6. The van der Waals surface area contributed by atoms with Gasteiger partial charge in [0, 0.05) is 18.8 Å². The van der Waals surface area contributed by atoms with Crippen LogP contribution in [0.4, 0.5) is 11.4 Å². The minimum atomic E-state index is -0.264. The lowest BCUT2D eigenvalue weighted by Gasteiger charge is -2.23. The SMILES string of the molecule is CCN(CC)C1=Nc2ccccc2Oc2ccc(NC(=O)c3ccccc3Cl)cc21. The molecule has 152 valence electrons. The van der Waals surface area contributed by atoms with Crippen molar-refractivity contribution in [1.82, 2.24) is 4.90 Å². The number of amidine groups is 1. The highest BCUT2D eigenvalue weighted by Crippen LogP contribution is 2.39. The number of fused-ring (bicyclic) bond motifs is 2. The number of para-hydroxylation sites is 2. The van der Waals surface area contributed by atoms with Gasteiger partial charge in [-0.05, 0) is 56.3 Å². The average molecular weight is 420 g/mol. The molecule has 0 saturated heterocycles. The molecule has 0 fully saturated rings. The van der Waals surface area contributed by atoms with Crippen LogP contribution in [0.15, 0.2) is 71.7 Å². The van der Waals surface area contributed by atoms with Gasteiger partial charge < -0.3 is 15.0 Å². The highest BCUT2D eigenvalue weighted by Gasteiger charge is 2.22. The maximum Gasteiger partial charge on any atom is 0.257 e. The summed E-state index contributed by atoms with van der Waals surface area (Å²) in [4.78, 5) is 19.8. The summed E-state index contributed by atoms with van der Waals surface area (Å²) in [5.41, 5.74) is 2.67. The Morgan fingerprint density at radius 3 is 2.50 bits per heavy atom. The predicted octanol–water partition coefficient (Wildman–Crippen LogP) is 6.12. The maximum absolute atomic E-state index is 12.7. The minimum absolute atomic E-state index is 0.264. The summed E-state index contributed by atoms with van der Waals surface area (Å²) < 4.78 is 6.16. The van der Waals surface area contributed by atoms with Crippen molar-refractivity contribution in [3.05, 3.63) is 82.9 Å². The van der Waals surface area contributed by atoms with Crippen LogP contribution in [0, 0.1) is 0 Å². The number of hydrogen-bond donors (Lipinski definition) is 1. The van der Waals surface area contributed by atoms with Gasteiger partial charge in [0.15, 0.2) is 5.75 Å². The Morgan fingerprint density at radius 1 is 1.00 bits per heavy atom. The molecular formula is C24H22ClN3O2. The van der Waals surface area contributed by atoms with Crippen LogP contribution in [0.5, 0.6) is 11.5 Å². The normalized spacial score (nSPS) is 12.0. The van der Waals surface area contributed by atoms with E-state index in [2.05, 4.69) is 24.1 Å². The van der Waals surface area contributed by atoms with Gasteiger partial charge in [0.1, 0.15) is 17.3 Å². The highest BCUT2D eigenvalue weighted by atomic mass is 35.5. The van der Waals surface area contributed by atoms with Crippen LogP contribution in [0.25, 0.3) is 0 Å². The van der Waals surface area contributed by atoms with E-state index in [0.29, 0.717) is 27.8 Å². The average Bonchev–Trinajstić information content (AvgIpc) is 2.92. The zero-order valence-corrected chi connectivity index (χ0v) is 17.6. The molecule has 4 rings (SSSR count). The number of hydrogen-bond acceptors (Lipinski definition) is 4. The van der Waals surface area contributed by atoms with Crippen molar-refractivity contribution in [2.24, 2.45) is 4.99 Å².